The number of hydrogen-bond acceptors (Lipinski definition) is 3. The molecule has 150 valence electrons. The largest absolute Gasteiger partial charge is 0.381 e. The van der Waals surface area contributed by atoms with E-state index in [-0.39, 0.29) is 23.9 Å². The van der Waals surface area contributed by atoms with E-state index in [1.54, 1.807) is 11.9 Å². The maximum Gasteiger partial charge on any atom is 0.322 e. The summed E-state index contributed by atoms with van der Waals surface area (Å²) >= 11 is 0. The lowest BCUT2D eigenvalue weighted by molar-refractivity contribution is 0.0272. The lowest BCUT2D eigenvalue weighted by Gasteiger charge is -2.32. The molecule has 1 N–H and O–H groups in total. The topological polar surface area (TPSA) is 61.9 Å². The summed E-state index contributed by atoms with van der Waals surface area (Å²) in [6.07, 6.45) is 0.857. The summed E-state index contributed by atoms with van der Waals surface area (Å²) in [5.41, 5.74) is 3.57. The molecule has 6 nitrogen and oxygen atoms in total. The molecule has 2 saturated heterocycles. The molecule has 3 aliphatic heterocycles. The number of urea groups is 1. The van der Waals surface area contributed by atoms with Crippen LogP contribution in [0.5, 0.6) is 0 Å². The van der Waals surface area contributed by atoms with Crippen LogP contribution in [0.15, 0.2) is 48.5 Å². The Balaban J connectivity index is 1.40. The molecular formula is C23H25N3O3. The zero-order chi connectivity index (χ0) is 20.0. The van der Waals surface area contributed by atoms with Crippen molar-refractivity contribution in [3.05, 3.63) is 65.2 Å². The third-order valence-corrected chi connectivity index (χ3v) is 6.55. The van der Waals surface area contributed by atoms with Crippen LogP contribution in [0.1, 0.15) is 33.8 Å². The molecule has 0 unspecified atom stereocenters. The highest BCUT2D eigenvalue weighted by Gasteiger charge is 2.46. The van der Waals surface area contributed by atoms with Crippen molar-refractivity contribution in [2.45, 2.75) is 24.9 Å². The Morgan fingerprint density at radius 1 is 1.14 bits per heavy atom. The molecule has 0 radical (unpaired) electrons. The number of carbonyl (C=O) groups is 2. The molecule has 3 aliphatic rings. The second kappa shape index (κ2) is 7.19. The molecule has 0 saturated carbocycles. The Morgan fingerprint density at radius 2 is 1.97 bits per heavy atom. The highest BCUT2D eigenvalue weighted by Crippen LogP contribution is 2.41. The van der Waals surface area contributed by atoms with E-state index in [1.165, 1.54) is 5.56 Å². The normalized spacial score (nSPS) is 25.7. The smallest absolute Gasteiger partial charge is 0.322 e. The van der Waals surface area contributed by atoms with E-state index >= 15 is 0 Å². The maximum absolute atomic E-state index is 13.3. The first-order valence-corrected chi connectivity index (χ1v) is 10.2. The average molecular weight is 391 g/mol. The van der Waals surface area contributed by atoms with E-state index in [1.807, 2.05) is 29.2 Å². The second-order valence-electron chi connectivity index (χ2n) is 8.19. The van der Waals surface area contributed by atoms with Crippen LogP contribution >= 0.6 is 0 Å². The molecule has 5 rings (SSSR count). The Hall–Kier alpha value is -2.86. The van der Waals surface area contributed by atoms with Crippen molar-refractivity contribution >= 4 is 17.6 Å². The standard InChI is InChI=1S/C23H25N3O3/c1-25-12-18-16(22(25)27)8-5-9-20(18)24-23(28)26-13-17(15-6-3-2-4-7-15)19-14-29-11-10-21(19)26/h2-9,17,19,21H,10-14H2,1H3,(H,24,28)/t17-,19+,21+/m1/s1. The number of nitrogens with one attached hydrogen (secondary N) is 1. The van der Waals surface area contributed by atoms with Gasteiger partial charge in [0.05, 0.1) is 6.61 Å². The number of amides is 3. The molecule has 2 aromatic carbocycles. The van der Waals surface area contributed by atoms with Gasteiger partial charge in [-0.1, -0.05) is 36.4 Å². The van der Waals surface area contributed by atoms with Gasteiger partial charge in [-0.3, -0.25) is 4.79 Å². The third kappa shape index (κ3) is 3.08. The summed E-state index contributed by atoms with van der Waals surface area (Å²) in [5.74, 6) is 0.596. The molecule has 3 atom stereocenters. The minimum Gasteiger partial charge on any atom is -0.381 e. The van der Waals surface area contributed by atoms with E-state index in [9.17, 15) is 9.59 Å². The second-order valence-corrected chi connectivity index (χ2v) is 8.19. The lowest BCUT2D eigenvalue weighted by Crippen LogP contribution is -2.44. The lowest BCUT2D eigenvalue weighted by atomic mass is 9.84. The van der Waals surface area contributed by atoms with Gasteiger partial charge in [0.2, 0.25) is 0 Å². The van der Waals surface area contributed by atoms with Gasteiger partial charge < -0.3 is 19.9 Å². The van der Waals surface area contributed by atoms with Gasteiger partial charge >= 0.3 is 6.03 Å². The van der Waals surface area contributed by atoms with Crippen LogP contribution in [-0.4, -0.2) is 54.6 Å². The van der Waals surface area contributed by atoms with Crippen LogP contribution in [0.4, 0.5) is 10.5 Å². The molecule has 0 bridgehead atoms. The molecule has 2 fully saturated rings. The number of carbonyl (C=O) groups excluding carboxylic acids is 2. The van der Waals surface area contributed by atoms with Crippen molar-refractivity contribution in [3.8, 4) is 0 Å². The van der Waals surface area contributed by atoms with Crippen molar-refractivity contribution < 1.29 is 14.3 Å². The summed E-state index contributed by atoms with van der Waals surface area (Å²) in [7, 11) is 1.78. The first-order valence-electron chi connectivity index (χ1n) is 10.2. The summed E-state index contributed by atoms with van der Waals surface area (Å²) in [5, 5.41) is 3.10. The predicted octanol–water partition coefficient (Wildman–Crippen LogP) is 3.31. The van der Waals surface area contributed by atoms with Crippen molar-refractivity contribution in [1.29, 1.82) is 0 Å². The third-order valence-electron chi connectivity index (χ3n) is 6.55. The van der Waals surface area contributed by atoms with Crippen molar-refractivity contribution in [2.24, 2.45) is 5.92 Å². The van der Waals surface area contributed by atoms with Gasteiger partial charge in [-0.2, -0.15) is 0 Å². The van der Waals surface area contributed by atoms with Crippen LogP contribution in [-0.2, 0) is 11.3 Å². The van der Waals surface area contributed by atoms with Crippen LogP contribution < -0.4 is 5.32 Å². The highest BCUT2D eigenvalue weighted by molar-refractivity contribution is 6.01. The monoisotopic (exact) mass is 391 g/mol. The van der Waals surface area contributed by atoms with Crippen molar-refractivity contribution in [2.75, 3.05) is 32.1 Å². The SMILES string of the molecule is CN1Cc2c(NC(=O)N3C[C@H](c4ccccc4)[C@@H]4COCC[C@@H]43)cccc2C1=O. The predicted molar refractivity (Wildman–Crippen MR) is 110 cm³/mol. The molecule has 0 aromatic heterocycles. The zero-order valence-electron chi connectivity index (χ0n) is 16.5. The van der Waals surface area contributed by atoms with Crippen LogP contribution in [0.25, 0.3) is 0 Å². The van der Waals surface area contributed by atoms with E-state index in [0.29, 0.717) is 37.8 Å². The number of likely N-dealkylation sites (tertiary alicyclic amines) is 1. The number of fused-ring (bicyclic) bond motifs is 2. The number of ether oxygens (including phenoxy) is 1. The molecule has 2 aromatic rings. The van der Waals surface area contributed by atoms with Gasteiger partial charge in [-0.15, -0.1) is 0 Å². The van der Waals surface area contributed by atoms with Crippen LogP contribution in [0.3, 0.4) is 0 Å². The quantitative estimate of drug-likeness (QED) is 0.854. The molecule has 29 heavy (non-hydrogen) atoms. The number of nitrogens with zero attached hydrogens (tertiary/aromatic N) is 2. The van der Waals surface area contributed by atoms with Gasteiger partial charge in [-0.05, 0) is 24.1 Å². The van der Waals surface area contributed by atoms with E-state index in [4.69, 9.17) is 4.74 Å². The highest BCUT2D eigenvalue weighted by atomic mass is 16.5. The number of benzene rings is 2. The van der Waals surface area contributed by atoms with Gasteiger partial charge in [0.1, 0.15) is 0 Å². The fourth-order valence-corrected chi connectivity index (χ4v) is 5.07. The Morgan fingerprint density at radius 3 is 2.79 bits per heavy atom. The summed E-state index contributed by atoms with van der Waals surface area (Å²) in [4.78, 5) is 29.2. The Labute approximate surface area is 170 Å². The van der Waals surface area contributed by atoms with Gasteiger partial charge in [0, 0.05) is 61.4 Å². The molecule has 3 amide bonds. The molecular weight excluding hydrogens is 366 g/mol. The molecule has 0 aliphatic carbocycles. The fourth-order valence-electron chi connectivity index (χ4n) is 5.07. The number of rotatable bonds is 2. The summed E-state index contributed by atoms with van der Waals surface area (Å²) in [6.45, 7) is 2.58. The van der Waals surface area contributed by atoms with E-state index in [2.05, 4.69) is 29.6 Å². The van der Waals surface area contributed by atoms with Crippen LogP contribution in [0.2, 0.25) is 0 Å². The first-order chi connectivity index (χ1) is 14.1. The van der Waals surface area contributed by atoms with Crippen molar-refractivity contribution in [3.63, 3.8) is 0 Å². The fraction of sp³-hybridized carbons (Fsp3) is 0.391. The minimum absolute atomic E-state index is 0.00547. The van der Waals surface area contributed by atoms with Crippen molar-refractivity contribution in [1.82, 2.24) is 9.80 Å². The Kier molecular flexibility index (Phi) is 4.51. The molecule has 3 heterocycles. The first kappa shape index (κ1) is 18.2. The summed E-state index contributed by atoms with van der Waals surface area (Å²) < 4.78 is 5.76. The van der Waals surface area contributed by atoms with E-state index in [0.717, 1.165) is 17.7 Å². The van der Waals surface area contributed by atoms with Gasteiger partial charge in [0.25, 0.3) is 5.91 Å². The Bertz CT molecular complexity index is 946. The van der Waals surface area contributed by atoms with Gasteiger partial charge in [0.15, 0.2) is 0 Å². The zero-order valence-corrected chi connectivity index (χ0v) is 16.5. The number of anilines is 1. The molecule has 0 spiro atoms. The summed E-state index contributed by atoms with van der Waals surface area (Å²) in [6, 6.07) is 16.0. The van der Waals surface area contributed by atoms with Crippen LogP contribution in [0, 0.1) is 5.92 Å². The maximum atomic E-state index is 13.3. The van der Waals surface area contributed by atoms with E-state index < -0.39 is 0 Å². The number of hydrogen-bond donors (Lipinski definition) is 1. The molecule has 6 heteroatoms. The minimum atomic E-state index is -0.0873. The van der Waals surface area contributed by atoms with Gasteiger partial charge in [-0.25, -0.2) is 4.79 Å². The average Bonchev–Trinajstić information content (AvgIpc) is 3.28.